The summed E-state index contributed by atoms with van der Waals surface area (Å²) >= 11 is 0. The molecular formula is C53H52IrN2OSi-2. The number of aromatic nitrogens is 2. The molecule has 5 aromatic carbocycles. The van der Waals surface area contributed by atoms with Gasteiger partial charge in [-0.1, -0.05) is 149 Å². The van der Waals surface area contributed by atoms with Crippen LogP contribution in [0.2, 0.25) is 19.6 Å². The summed E-state index contributed by atoms with van der Waals surface area (Å²) in [6.45, 7) is 6.83. The third kappa shape index (κ3) is 8.88. The Morgan fingerprint density at radius 3 is 2.09 bits per heavy atom. The Bertz CT molecular complexity index is 2860. The predicted octanol–water partition coefficient (Wildman–Crippen LogP) is 14.2. The molecule has 0 N–H and O–H groups in total. The van der Waals surface area contributed by atoms with E-state index in [4.69, 9.17) is 17.6 Å². The Labute approximate surface area is 369 Å². The van der Waals surface area contributed by atoms with E-state index in [2.05, 4.69) is 99.1 Å². The number of fused-ring (bicyclic) bond motifs is 3. The van der Waals surface area contributed by atoms with Gasteiger partial charge in [0.2, 0.25) is 0 Å². The molecule has 3 nitrogen and oxygen atoms in total. The number of hydrogen-bond donors (Lipinski definition) is 0. The molecule has 0 bridgehead atoms. The first-order valence-corrected chi connectivity index (χ1v) is 23.2. The van der Waals surface area contributed by atoms with Crippen LogP contribution in [-0.4, -0.2) is 18.0 Å². The Morgan fingerprint density at radius 1 is 0.724 bits per heavy atom. The van der Waals surface area contributed by atoms with Crippen molar-refractivity contribution >= 4 is 35.2 Å². The monoisotopic (exact) mass is 960 g/mol. The zero-order valence-corrected chi connectivity index (χ0v) is 37.1. The van der Waals surface area contributed by atoms with E-state index in [1.54, 1.807) is 12.1 Å². The summed E-state index contributed by atoms with van der Waals surface area (Å²) < 4.78 is 63.3. The first kappa shape index (κ1) is 33.0. The fourth-order valence-corrected chi connectivity index (χ4v) is 8.64. The first-order chi connectivity index (χ1) is 30.2. The van der Waals surface area contributed by atoms with Gasteiger partial charge in [-0.3, -0.25) is 4.98 Å². The molecular weight excluding hydrogens is 901 g/mol. The second-order valence-electron chi connectivity index (χ2n) is 16.9. The summed E-state index contributed by atoms with van der Waals surface area (Å²) in [7, 11) is -1.34. The number of benzene rings is 5. The molecule has 1 aliphatic carbocycles. The maximum atomic E-state index is 9.56. The Balaban J connectivity index is 0.000000253. The second kappa shape index (κ2) is 17.1. The SMILES string of the molecule is [2H]C([2H])([2H])c1c[c-]c(-c2ccc([Si](C)(C)C)cn2)cc1.[2H]C([2H])([2H])c1cnc(-c2[c-]c(-c3ccccc3)cc3c2oc2c(-c4ccccc4)cccc23)cc1C1([2H])CCC(C)(C)CC1.[Ir]. The molecule has 0 saturated heterocycles. The van der Waals surface area contributed by atoms with Crippen LogP contribution in [0.4, 0.5) is 0 Å². The average molecular weight is 960 g/mol. The second-order valence-corrected chi connectivity index (χ2v) is 22.0. The van der Waals surface area contributed by atoms with Gasteiger partial charge in [0.25, 0.3) is 0 Å². The zero-order chi connectivity index (χ0) is 45.7. The van der Waals surface area contributed by atoms with Gasteiger partial charge in [0.05, 0.1) is 13.7 Å². The number of nitrogens with zero attached hydrogens (tertiary/aromatic N) is 2. The van der Waals surface area contributed by atoms with Crippen LogP contribution in [0.25, 0.3) is 66.7 Å². The van der Waals surface area contributed by atoms with Gasteiger partial charge in [-0.25, -0.2) is 0 Å². The molecule has 8 aromatic rings. The number of hydrogen-bond acceptors (Lipinski definition) is 3. The van der Waals surface area contributed by atoms with E-state index in [-0.39, 0.29) is 31.1 Å². The number of aryl methyl sites for hydroxylation is 2. The maximum absolute atomic E-state index is 9.56. The van der Waals surface area contributed by atoms with Crippen LogP contribution in [0.3, 0.4) is 0 Å². The van der Waals surface area contributed by atoms with Gasteiger partial charge in [0.15, 0.2) is 0 Å². The van der Waals surface area contributed by atoms with Gasteiger partial charge in [-0.15, -0.1) is 53.1 Å². The molecule has 1 radical (unpaired) electrons. The number of para-hydroxylation sites is 1. The van der Waals surface area contributed by atoms with Crippen molar-refractivity contribution < 1.29 is 34.1 Å². The van der Waals surface area contributed by atoms with Crippen LogP contribution < -0.4 is 5.19 Å². The predicted molar refractivity (Wildman–Crippen MR) is 243 cm³/mol. The van der Waals surface area contributed by atoms with Crippen molar-refractivity contribution in [3.8, 4) is 44.8 Å². The van der Waals surface area contributed by atoms with E-state index in [0.717, 1.165) is 62.7 Å². The number of furan rings is 1. The van der Waals surface area contributed by atoms with E-state index in [1.807, 2.05) is 60.8 Å². The van der Waals surface area contributed by atoms with Crippen molar-refractivity contribution in [1.82, 2.24) is 9.97 Å². The number of rotatable bonds is 6. The Morgan fingerprint density at radius 2 is 1.45 bits per heavy atom. The summed E-state index contributed by atoms with van der Waals surface area (Å²) in [5.41, 5.74) is 9.37. The zero-order valence-electron chi connectivity index (χ0n) is 40.7. The van der Waals surface area contributed by atoms with E-state index in [9.17, 15) is 1.37 Å². The summed E-state index contributed by atoms with van der Waals surface area (Å²) in [6, 6.07) is 46.0. The van der Waals surface area contributed by atoms with Crippen molar-refractivity contribution in [1.29, 1.82) is 0 Å². The molecule has 0 atom stereocenters. The third-order valence-corrected chi connectivity index (χ3v) is 13.2. The van der Waals surface area contributed by atoms with Gasteiger partial charge < -0.3 is 9.40 Å². The van der Waals surface area contributed by atoms with Crippen LogP contribution in [0.1, 0.15) is 71.7 Å². The van der Waals surface area contributed by atoms with Crippen LogP contribution in [0, 0.1) is 31.3 Å². The fraction of sp³-hybridized carbons (Fsp3) is 0.245. The summed E-state index contributed by atoms with van der Waals surface area (Å²) in [5.74, 6) is -1.01. The molecule has 1 saturated carbocycles. The van der Waals surface area contributed by atoms with Crippen LogP contribution in [-0.2, 0) is 20.1 Å². The molecule has 58 heavy (non-hydrogen) atoms. The van der Waals surface area contributed by atoms with E-state index >= 15 is 0 Å². The minimum Gasteiger partial charge on any atom is -0.491 e. The van der Waals surface area contributed by atoms with Crippen molar-refractivity contribution in [2.75, 3.05) is 0 Å². The first-order valence-electron chi connectivity index (χ1n) is 23.2. The van der Waals surface area contributed by atoms with Gasteiger partial charge in [-0.2, -0.15) is 0 Å². The molecule has 295 valence electrons. The van der Waals surface area contributed by atoms with Gasteiger partial charge >= 0.3 is 0 Å². The summed E-state index contributed by atoms with van der Waals surface area (Å²) in [4.78, 5) is 9.20. The maximum Gasteiger partial charge on any atom is 0.131 e. The van der Waals surface area contributed by atoms with Gasteiger partial charge in [0, 0.05) is 58.7 Å². The molecule has 1 aliphatic rings. The normalized spacial score (nSPS) is 16.9. The molecule has 0 aliphatic heterocycles. The van der Waals surface area contributed by atoms with Crippen LogP contribution >= 0.6 is 0 Å². The summed E-state index contributed by atoms with van der Waals surface area (Å²) in [5, 5.41) is 3.23. The average Bonchev–Trinajstić information content (AvgIpc) is 3.66. The van der Waals surface area contributed by atoms with Crippen molar-refractivity contribution in [3.63, 3.8) is 0 Å². The fourth-order valence-electron chi connectivity index (χ4n) is 7.60. The molecule has 1 fully saturated rings. The molecule has 3 aromatic heterocycles. The van der Waals surface area contributed by atoms with Crippen molar-refractivity contribution in [2.45, 2.75) is 78.8 Å². The van der Waals surface area contributed by atoms with Crippen molar-refractivity contribution in [2.24, 2.45) is 5.41 Å². The smallest absolute Gasteiger partial charge is 0.131 e. The standard InChI is InChI=1S/C38H34NO.C15H18NSi.Ir/c1-25-24-39-35(23-32(25)28-17-19-38(2,3)20-18-28)34-22-29(26-11-6-4-7-12-26)21-33-31-16-10-15-30(36(31)40-37(33)34)27-13-8-5-9-14-27;1-12-5-7-13(8-6-12)15-10-9-14(11-16-15)17(2,3)4;/h4-16,21,23-24,28H,17-20H2,1-3H3;5-7,9-11H,1-4H3;/q2*-1;/i1D3,28D;1D3;. The Kier molecular flexibility index (Phi) is 9.73. The Hall–Kier alpha value is -4.93. The van der Waals surface area contributed by atoms with E-state index in [0.29, 0.717) is 40.8 Å². The van der Waals surface area contributed by atoms with Crippen LogP contribution in [0.15, 0.2) is 138 Å². The minimum absolute atomic E-state index is 0. The topological polar surface area (TPSA) is 38.9 Å². The van der Waals surface area contributed by atoms with Crippen molar-refractivity contribution in [3.05, 3.63) is 163 Å². The molecule has 0 unspecified atom stereocenters. The molecule has 9 rings (SSSR count). The molecule has 0 amide bonds. The molecule has 3 heterocycles. The summed E-state index contributed by atoms with van der Waals surface area (Å²) in [6.07, 6.45) is 6.30. The third-order valence-electron chi connectivity index (χ3n) is 11.2. The molecule has 5 heteroatoms. The van der Waals surface area contributed by atoms with Gasteiger partial charge in [0.1, 0.15) is 5.58 Å². The van der Waals surface area contributed by atoms with Gasteiger partial charge in [-0.05, 0) is 76.8 Å². The minimum atomic E-state index is -2.38. The largest absolute Gasteiger partial charge is 0.491 e. The van der Waals surface area contributed by atoms with E-state index in [1.165, 1.54) is 17.4 Å². The van der Waals surface area contributed by atoms with Crippen LogP contribution in [0.5, 0.6) is 0 Å². The quantitative estimate of drug-likeness (QED) is 0.123. The number of pyridine rings is 2. The van der Waals surface area contributed by atoms with E-state index < -0.39 is 27.7 Å². The molecule has 0 spiro atoms.